The smallest absolute Gasteiger partial charge is 0.231 e. The standard InChI is InChI=1S/C39H37N4/c1-42(36-21-11-18-30-23-33(25-40-38(30)36)28-13-5-3-6-14-28)27-32-17-9-10-20-35(32)43(2)37-22-12-19-31-24-34(26-41-39(31)37)29-15-7-4-8-16-29/h3-8,11-16,18-19,21-27,32,35H,9-10,17,20H2,1-2H3/q+1/b42-27-/t32?,35-/m0/s1. The van der Waals surface area contributed by atoms with Gasteiger partial charge in [0, 0.05) is 53.4 Å². The molecular weight excluding hydrogens is 524 g/mol. The zero-order valence-corrected chi connectivity index (χ0v) is 24.9. The van der Waals surface area contributed by atoms with Gasteiger partial charge < -0.3 is 4.90 Å². The summed E-state index contributed by atoms with van der Waals surface area (Å²) in [5.41, 5.74) is 9.12. The van der Waals surface area contributed by atoms with Gasteiger partial charge in [0.15, 0.2) is 6.21 Å². The van der Waals surface area contributed by atoms with Gasteiger partial charge >= 0.3 is 0 Å². The average molecular weight is 562 g/mol. The Morgan fingerprint density at radius 2 is 1.23 bits per heavy atom. The van der Waals surface area contributed by atoms with Crippen molar-refractivity contribution in [3.8, 4) is 22.3 Å². The number of hydrogen-bond acceptors (Lipinski definition) is 3. The van der Waals surface area contributed by atoms with Gasteiger partial charge in [0.25, 0.3) is 0 Å². The lowest BCUT2D eigenvalue weighted by molar-refractivity contribution is -0.401. The van der Waals surface area contributed by atoms with Crippen LogP contribution in [0.4, 0.5) is 11.4 Å². The maximum atomic E-state index is 5.00. The van der Waals surface area contributed by atoms with E-state index in [1.807, 2.05) is 12.4 Å². The van der Waals surface area contributed by atoms with Crippen LogP contribution >= 0.6 is 0 Å². The van der Waals surface area contributed by atoms with E-state index < -0.39 is 0 Å². The molecule has 1 saturated carbocycles. The number of hydrogen-bond donors (Lipinski definition) is 0. The molecule has 2 aromatic heterocycles. The molecule has 0 saturated heterocycles. The summed E-state index contributed by atoms with van der Waals surface area (Å²) in [6, 6.07) is 39.0. The molecule has 1 unspecified atom stereocenters. The van der Waals surface area contributed by atoms with Crippen LogP contribution < -0.4 is 4.90 Å². The molecule has 4 aromatic carbocycles. The number of aromatic nitrogens is 2. The Bertz CT molecular complexity index is 1910. The van der Waals surface area contributed by atoms with Crippen LogP contribution in [0.2, 0.25) is 0 Å². The summed E-state index contributed by atoms with van der Waals surface area (Å²) in [5, 5.41) is 2.34. The Kier molecular flexibility index (Phi) is 7.42. The van der Waals surface area contributed by atoms with Crippen molar-refractivity contribution in [1.29, 1.82) is 0 Å². The molecule has 1 fully saturated rings. The Morgan fingerprint density at radius 1 is 0.651 bits per heavy atom. The molecule has 1 aliphatic rings. The Balaban J connectivity index is 1.20. The minimum absolute atomic E-state index is 0.394. The topological polar surface area (TPSA) is 32.0 Å². The largest absolute Gasteiger partial charge is 0.369 e. The molecule has 2 heterocycles. The van der Waals surface area contributed by atoms with Crippen LogP contribution in [0.3, 0.4) is 0 Å². The third-order valence-corrected chi connectivity index (χ3v) is 9.05. The maximum Gasteiger partial charge on any atom is 0.231 e. The molecule has 0 N–H and O–H groups in total. The first kappa shape index (κ1) is 27.0. The second-order valence-corrected chi connectivity index (χ2v) is 11.8. The molecular formula is C39H37N4+. The zero-order chi connectivity index (χ0) is 29.2. The van der Waals surface area contributed by atoms with Gasteiger partial charge in [0.05, 0.1) is 17.1 Å². The van der Waals surface area contributed by atoms with Crippen molar-refractivity contribution in [2.45, 2.75) is 31.7 Å². The van der Waals surface area contributed by atoms with E-state index in [4.69, 9.17) is 9.97 Å². The third kappa shape index (κ3) is 5.41. The highest BCUT2D eigenvalue weighted by Gasteiger charge is 2.31. The molecule has 0 radical (unpaired) electrons. The van der Waals surface area contributed by atoms with Gasteiger partial charge in [-0.15, -0.1) is 0 Å². The van der Waals surface area contributed by atoms with Crippen LogP contribution in [0.1, 0.15) is 25.7 Å². The summed E-state index contributed by atoms with van der Waals surface area (Å²) < 4.78 is 2.31. The number of nitrogens with zero attached hydrogens (tertiary/aromatic N) is 4. The fourth-order valence-electron chi connectivity index (χ4n) is 6.78. The number of benzene rings is 4. The van der Waals surface area contributed by atoms with Crippen LogP contribution in [0.15, 0.2) is 122 Å². The number of para-hydroxylation sites is 2. The lowest BCUT2D eigenvalue weighted by Gasteiger charge is -2.37. The van der Waals surface area contributed by atoms with Crippen molar-refractivity contribution >= 4 is 39.4 Å². The molecule has 212 valence electrons. The molecule has 1 aliphatic carbocycles. The number of anilines is 1. The second kappa shape index (κ2) is 11.8. The number of pyridine rings is 2. The van der Waals surface area contributed by atoms with E-state index in [-0.39, 0.29) is 0 Å². The first-order valence-corrected chi connectivity index (χ1v) is 15.3. The Labute approximate surface area is 254 Å². The lowest BCUT2D eigenvalue weighted by Crippen LogP contribution is -2.42. The van der Waals surface area contributed by atoms with Gasteiger partial charge in [0.1, 0.15) is 12.6 Å². The molecule has 0 spiro atoms. The van der Waals surface area contributed by atoms with E-state index in [0.717, 1.165) is 39.7 Å². The highest BCUT2D eigenvalue weighted by molar-refractivity contribution is 5.93. The summed E-state index contributed by atoms with van der Waals surface area (Å²) in [5.74, 6) is 0.418. The highest BCUT2D eigenvalue weighted by atomic mass is 15.2. The first-order valence-electron chi connectivity index (χ1n) is 15.3. The molecule has 43 heavy (non-hydrogen) atoms. The normalized spacial score (nSPS) is 17.3. The predicted molar refractivity (Wildman–Crippen MR) is 180 cm³/mol. The number of fused-ring (bicyclic) bond motifs is 2. The van der Waals surface area contributed by atoms with Gasteiger partial charge in [-0.3, -0.25) is 4.98 Å². The summed E-state index contributed by atoms with van der Waals surface area (Å²) in [7, 11) is 4.43. The Morgan fingerprint density at radius 3 is 1.91 bits per heavy atom. The van der Waals surface area contributed by atoms with Crippen LogP contribution in [0, 0.1) is 5.92 Å². The van der Waals surface area contributed by atoms with E-state index in [2.05, 4.69) is 139 Å². The van der Waals surface area contributed by atoms with Crippen LogP contribution in [-0.2, 0) is 0 Å². The van der Waals surface area contributed by atoms with Gasteiger partial charge in [0.2, 0.25) is 5.69 Å². The van der Waals surface area contributed by atoms with E-state index in [9.17, 15) is 0 Å². The minimum Gasteiger partial charge on any atom is -0.369 e. The van der Waals surface area contributed by atoms with Crippen molar-refractivity contribution in [1.82, 2.24) is 9.97 Å². The summed E-state index contributed by atoms with van der Waals surface area (Å²) in [6.07, 6.45) is 11.3. The van der Waals surface area contributed by atoms with Gasteiger partial charge in [-0.05, 0) is 42.2 Å². The van der Waals surface area contributed by atoms with Gasteiger partial charge in [-0.25, -0.2) is 9.56 Å². The predicted octanol–water partition coefficient (Wildman–Crippen LogP) is 9.16. The summed E-state index contributed by atoms with van der Waals surface area (Å²) >= 11 is 0. The van der Waals surface area contributed by atoms with E-state index in [1.54, 1.807) is 0 Å². The summed E-state index contributed by atoms with van der Waals surface area (Å²) in [4.78, 5) is 12.4. The average Bonchev–Trinajstić information content (AvgIpc) is 3.08. The summed E-state index contributed by atoms with van der Waals surface area (Å²) in [6.45, 7) is 0. The van der Waals surface area contributed by atoms with Gasteiger partial charge in [-0.1, -0.05) is 97.8 Å². The van der Waals surface area contributed by atoms with Crippen molar-refractivity contribution in [3.63, 3.8) is 0 Å². The molecule has 0 amide bonds. The maximum absolute atomic E-state index is 5.00. The molecule has 0 bridgehead atoms. The molecule has 7 rings (SSSR count). The Hall–Kier alpha value is -4.83. The zero-order valence-electron chi connectivity index (χ0n) is 24.9. The first-order chi connectivity index (χ1) is 21.2. The molecule has 2 atom stereocenters. The van der Waals surface area contributed by atoms with Crippen molar-refractivity contribution in [3.05, 3.63) is 122 Å². The lowest BCUT2D eigenvalue weighted by atomic mass is 9.84. The van der Waals surface area contributed by atoms with Crippen molar-refractivity contribution in [2.24, 2.45) is 5.92 Å². The molecule has 4 heteroatoms. The van der Waals surface area contributed by atoms with E-state index in [0.29, 0.717) is 12.0 Å². The SMILES string of the molecule is CN(c1cccc2cc(-c3ccccc3)cnc12)[C@H]1CCCCC1/C=[N+](/C)c1cccc2cc(-c3ccccc3)cnc12. The van der Waals surface area contributed by atoms with Crippen molar-refractivity contribution in [2.75, 3.05) is 19.0 Å². The van der Waals surface area contributed by atoms with Crippen molar-refractivity contribution < 1.29 is 4.58 Å². The highest BCUT2D eigenvalue weighted by Crippen LogP contribution is 2.35. The number of rotatable bonds is 6. The monoisotopic (exact) mass is 561 g/mol. The van der Waals surface area contributed by atoms with E-state index in [1.165, 1.54) is 41.5 Å². The fraction of sp³-hybridized carbons (Fsp3) is 0.205. The van der Waals surface area contributed by atoms with Crippen LogP contribution in [-0.4, -0.2) is 40.9 Å². The van der Waals surface area contributed by atoms with Crippen LogP contribution in [0.25, 0.3) is 44.1 Å². The molecule has 0 aliphatic heterocycles. The minimum atomic E-state index is 0.394. The quantitative estimate of drug-likeness (QED) is 0.150. The second-order valence-electron chi connectivity index (χ2n) is 11.8. The van der Waals surface area contributed by atoms with Gasteiger partial charge in [-0.2, -0.15) is 0 Å². The fourth-order valence-corrected chi connectivity index (χ4v) is 6.78. The third-order valence-electron chi connectivity index (χ3n) is 9.05. The van der Waals surface area contributed by atoms with Crippen LogP contribution in [0.5, 0.6) is 0 Å². The van der Waals surface area contributed by atoms with E-state index >= 15 is 0 Å². The molecule has 6 aromatic rings. The molecule has 4 nitrogen and oxygen atoms in total.